The van der Waals surface area contributed by atoms with Crippen LogP contribution in [0.25, 0.3) is 23.3 Å². The van der Waals surface area contributed by atoms with E-state index in [1.54, 1.807) is 13.3 Å². The predicted octanol–water partition coefficient (Wildman–Crippen LogP) is 3.80. The number of H-pyrrole nitrogens is 1. The molecule has 1 aliphatic heterocycles. The fourth-order valence-corrected chi connectivity index (χ4v) is 4.72. The second kappa shape index (κ2) is 11.9. The minimum Gasteiger partial charge on any atom is -0.468 e. The lowest BCUT2D eigenvalue weighted by Crippen LogP contribution is -2.42. The first-order valence-corrected chi connectivity index (χ1v) is 12.4. The van der Waals surface area contributed by atoms with Crippen LogP contribution in [-0.2, 0) is 11.2 Å². The zero-order valence-electron chi connectivity index (χ0n) is 21.1. The van der Waals surface area contributed by atoms with Crippen molar-refractivity contribution in [2.45, 2.75) is 46.0 Å². The molecule has 2 aromatic carbocycles. The number of hydrogen-bond donors (Lipinski definition) is 1. The molecule has 0 radical (unpaired) electrons. The number of ether oxygens (including phenoxy) is 2. The third-order valence-corrected chi connectivity index (χ3v) is 6.53. The van der Waals surface area contributed by atoms with Gasteiger partial charge < -0.3 is 19.4 Å². The number of nitrogens with one attached hydrogen (secondary N) is 1. The molecule has 0 saturated carbocycles. The molecule has 36 heavy (non-hydrogen) atoms. The van der Waals surface area contributed by atoms with E-state index in [4.69, 9.17) is 14.5 Å². The van der Waals surface area contributed by atoms with Crippen molar-refractivity contribution in [1.29, 1.82) is 0 Å². The topological polar surface area (TPSA) is 79.8 Å². The number of aryl methyl sites for hydroxylation is 1. The molecule has 4 rings (SSSR count). The molecule has 1 N–H and O–H groups in total. The van der Waals surface area contributed by atoms with Crippen LogP contribution in [0.5, 0.6) is 5.75 Å². The van der Waals surface area contributed by atoms with E-state index >= 15 is 0 Å². The maximum Gasteiger partial charge on any atom is 0.347 e. The van der Waals surface area contributed by atoms with E-state index < -0.39 is 5.69 Å². The molecule has 7 nitrogen and oxygen atoms in total. The summed E-state index contributed by atoms with van der Waals surface area (Å²) >= 11 is 0. The molecule has 0 amide bonds. The lowest BCUT2D eigenvalue weighted by molar-refractivity contribution is 0.0512. The minimum absolute atomic E-state index is 0.0714. The van der Waals surface area contributed by atoms with E-state index in [9.17, 15) is 9.18 Å². The van der Waals surface area contributed by atoms with Crippen molar-refractivity contribution in [3.8, 4) is 5.75 Å². The molecule has 0 atom stereocenters. The Hall–Kier alpha value is -3.52. The van der Waals surface area contributed by atoms with Gasteiger partial charge in [-0.1, -0.05) is 38.0 Å². The Labute approximate surface area is 210 Å². The number of halogens is 1. The first-order chi connectivity index (χ1) is 17.5. The zero-order valence-corrected chi connectivity index (χ0v) is 21.1. The molecule has 0 aliphatic carbocycles. The van der Waals surface area contributed by atoms with Gasteiger partial charge >= 0.3 is 5.69 Å². The van der Waals surface area contributed by atoms with Crippen molar-refractivity contribution in [3.63, 3.8) is 0 Å². The summed E-state index contributed by atoms with van der Waals surface area (Å²) in [5.41, 5.74) is 2.29. The second-order valence-corrected chi connectivity index (χ2v) is 8.94. The quantitative estimate of drug-likeness (QED) is 0.401. The fourth-order valence-electron chi connectivity index (χ4n) is 4.72. The molecule has 0 spiro atoms. The van der Waals surface area contributed by atoms with Crippen LogP contribution in [0.3, 0.4) is 0 Å². The third kappa shape index (κ3) is 5.65. The Kier molecular flexibility index (Phi) is 8.48. The van der Waals surface area contributed by atoms with Gasteiger partial charge in [-0.25, -0.2) is 9.18 Å². The Bertz CT molecular complexity index is 1420. The number of anilines is 1. The molecule has 1 aromatic heterocycles. The van der Waals surface area contributed by atoms with Gasteiger partial charge in [-0.15, -0.1) is 0 Å². The summed E-state index contributed by atoms with van der Waals surface area (Å²) in [6.45, 7) is 5.72. The number of benzene rings is 2. The van der Waals surface area contributed by atoms with Gasteiger partial charge in [0.2, 0.25) is 0 Å². The number of rotatable bonds is 7. The average Bonchev–Trinajstić information content (AvgIpc) is 3.19. The van der Waals surface area contributed by atoms with Gasteiger partial charge in [0, 0.05) is 37.7 Å². The zero-order chi connectivity index (χ0) is 25.5. The Balaban J connectivity index is 1.89. The van der Waals surface area contributed by atoms with Gasteiger partial charge in [-0.05, 0) is 54.7 Å². The van der Waals surface area contributed by atoms with Crippen LogP contribution >= 0.6 is 0 Å². The molecule has 3 aromatic rings. The summed E-state index contributed by atoms with van der Waals surface area (Å²) in [6.07, 6.45) is 7.15. The lowest BCUT2D eigenvalue weighted by atomic mass is 9.95. The molecular weight excluding hydrogens is 459 g/mol. The Morgan fingerprint density at radius 1 is 1.22 bits per heavy atom. The number of fused-ring (bicyclic) bond motifs is 1. The van der Waals surface area contributed by atoms with E-state index in [1.807, 2.05) is 31.2 Å². The highest BCUT2D eigenvalue weighted by Crippen LogP contribution is 2.29. The van der Waals surface area contributed by atoms with Crippen LogP contribution in [0.1, 0.15) is 50.7 Å². The van der Waals surface area contributed by atoms with E-state index in [-0.39, 0.29) is 12.1 Å². The Morgan fingerprint density at radius 3 is 2.69 bits per heavy atom. The molecule has 1 aliphatic rings. The van der Waals surface area contributed by atoms with Crippen molar-refractivity contribution in [2.24, 2.45) is 4.99 Å². The summed E-state index contributed by atoms with van der Waals surface area (Å²) in [5.74, 6) is 1.15. The SMILES string of the molecule is CCc1cccc2cc(OCOC)cc(C(C)=N/C=c3/c(N4CCCCCC4)nc(=O)[nH]/c3=C\F)c12. The van der Waals surface area contributed by atoms with Gasteiger partial charge in [0.15, 0.2) is 6.79 Å². The molecular formula is C28H33FN4O3. The summed E-state index contributed by atoms with van der Waals surface area (Å²) < 4.78 is 24.7. The predicted molar refractivity (Wildman–Crippen MR) is 143 cm³/mol. The second-order valence-electron chi connectivity index (χ2n) is 8.94. The van der Waals surface area contributed by atoms with Crippen LogP contribution in [0.15, 0.2) is 40.1 Å². The molecule has 190 valence electrons. The lowest BCUT2D eigenvalue weighted by Gasteiger charge is -2.21. The minimum atomic E-state index is -0.572. The number of aromatic nitrogens is 2. The van der Waals surface area contributed by atoms with E-state index in [0.29, 0.717) is 23.1 Å². The molecule has 0 bridgehead atoms. The maximum absolute atomic E-state index is 13.9. The molecule has 2 heterocycles. The van der Waals surface area contributed by atoms with Crippen LogP contribution in [0.2, 0.25) is 0 Å². The van der Waals surface area contributed by atoms with E-state index in [0.717, 1.165) is 67.2 Å². The van der Waals surface area contributed by atoms with Gasteiger partial charge in [-0.3, -0.25) is 4.99 Å². The van der Waals surface area contributed by atoms with Crippen molar-refractivity contribution < 1.29 is 13.9 Å². The smallest absolute Gasteiger partial charge is 0.347 e. The number of hydrogen-bond acceptors (Lipinski definition) is 6. The highest BCUT2D eigenvalue weighted by molar-refractivity contribution is 6.12. The number of aromatic amines is 1. The summed E-state index contributed by atoms with van der Waals surface area (Å²) in [5, 5.41) is 2.68. The maximum atomic E-state index is 13.9. The third-order valence-electron chi connectivity index (χ3n) is 6.53. The standard InChI is InChI=1S/C28H33FN4O3/c1-4-20-10-9-11-21-14-22(36-18-35-3)15-23(26(20)21)19(2)30-17-24-25(16-29)31-28(34)32-27(24)33-12-7-5-6-8-13-33/h9-11,14-17H,4-8,12-13,18H2,1-3H3,(H,31,34)/b24-17+,25-16-,30-19?. The molecule has 1 fully saturated rings. The van der Waals surface area contributed by atoms with Crippen molar-refractivity contribution in [2.75, 3.05) is 31.9 Å². The van der Waals surface area contributed by atoms with Gasteiger partial charge in [0.05, 0.1) is 10.6 Å². The molecule has 0 unspecified atom stereocenters. The average molecular weight is 493 g/mol. The number of methoxy groups -OCH3 is 1. The first kappa shape index (κ1) is 25.6. The highest BCUT2D eigenvalue weighted by atomic mass is 19.1. The number of aliphatic imine (C=N–C) groups is 1. The normalized spacial score (nSPS) is 16.0. The monoisotopic (exact) mass is 492 g/mol. The number of nitrogens with zero attached hydrogens (tertiary/aromatic N) is 3. The highest BCUT2D eigenvalue weighted by Gasteiger charge is 2.15. The van der Waals surface area contributed by atoms with Crippen LogP contribution in [-0.4, -0.2) is 42.7 Å². The molecule has 1 saturated heterocycles. The molecule has 8 heteroatoms. The van der Waals surface area contributed by atoms with Gasteiger partial charge in [0.25, 0.3) is 0 Å². The van der Waals surface area contributed by atoms with Gasteiger partial charge in [-0.2, -0.15) is 4.98 Å². The van der Waals surface area contributed by atoms with Crippen molar-refractivity contribution in [1.82, 2.24) is 9.97 Å². The summed E-state index contributed by atoms with van der Waals surface area (Å²) in [7, 11) is 1.58. The summed E-state index contributed by atoms with van der Waals surface area (Å²) in [4.78, 5) is 25.7. The van der Waals surface area contributed by atoms with Crippen molar-refractivity contribution >= 4 is 34.8 Å². The van der Waals surface area contributed by atoms with Crippen molar-refractivity contribution in [3.05, 3.63) is 62.5 Å². The largest absolute Gasteiger partial charge is 0.468 e. The van der Waals surface area contributed by atoms with Gasteiger partial charge in [0.1, 0.15) is 17.9 Å². The van der Waals surface area contributed by atoms with Crippen LogP contribution in [0.4, 0.5) is 10.2 Å². The Morgan fingerprint density at radius 2 is 2.00 bits per heavy atom. The van der Waals surface area contributed by atoms with Crippen LogP contribution in [0, 0.1) is 0 Å². The van der Waals surface area contributed by atoms with E-state index in [2.05, 4.69) is 27.9 Å². The fraction of sp³-hybridized carbons (Fsp3) is 0.393. The van der Waals surface area contributed by atoms with Crippen LogP contribution < -0.4 is 25.9 Å². The van der Waals surface area contributed by atoms with E-state index in [1.165, 1.54) is 5.56 Å². The summed E-state index contributed by atoms with van der Waals surface area (Å²) in [6, 6.07) is 10.1. The first-order valence-electron chi connectivity index (χ1n) is 12.4.